The molecule has 1 unspecified atom stereocenters. The van der Waals surface area contributed by atoms with E-state index in [0.29, 0.717) is 5.15 Å². The molecule has 1 aromatic carbocycles. The van der Waals surface area contributed by atoms with Crippen molar-refractivity contribution in [2.45, 2.75) is 13.0 Å². The van der Waals surface area contributed by atoms with E-state index in [2.05, 4.69) is 39.5 Å². The van der Waals surface area contributed by atoms with E-state index in [4.69, 9.17) is 11.6 Å². The number of rotatable bonds is 3. The molecule has 3 rings (SSSR count). The summed E-state index contributed by atoms with van der Waals surface area (Å²) >= 11 is 7.87. The molecule has 0 saturated heterocycles. The minimum Gasteiger partial charge on any atom is -0.350 e. The molecule has 0 bridgehead atoms. The van der Waals surface area contributed by atoms with Crippen molar-refractivity contribution in [1.29, 1.82) is 0 Å². The first-order valence-corrected chi connectivity index (χ1v) is 7.61. The topological polar surface area (TPSA) is 29.0 Å². The number of thiophene rings is 1. The molecule has 0 N–H and O–H groups in total. The Morgan fingerprint density at radius 1 is 1.10 bits per heavy atom. The number of benzene rings is 1. The number of halogens is 1. The zero-order valence-electron chi connectivity index (χ0n) is 11.2. The normalized spacial score (nSPS) is 12.6. The van der Waals surface area contributed by atoms with E-state index in [1.807, 2.05) is 31.3 Å². The zero-order chi connectivity index (χ0) is 14.1. The third-order valence-corrected chi connectivity index (χ3v) is 4.81. The van der Waals surface area contributed by atoms with Gasteiger partial charge < -0.3 is 4.90 Å². The summed E-state index contributed by atoms with van der Waals surface area (Å²) in [6, 6.07) is 12.4. The van der Waals surface area contributed by atoms with Gasteiger partial charge in [0.05, 0.1) is 6.04 Å². The summed E-state index contributed by atoms with van der Waals surface area (Å²) in [6.45, 7) is 2.16. The maximum Gasteiger partial charge on any atom is 0.159 e. The molecule has 0 fully saturated rings. The molecule has 5 heteroatoms. The quantitative estimate of drug-likeness (QED) is 0.711. The van der Waals surface area contributed by atoms with Crippen LogP contribution >= 0.6 is 22.9 Å². The van der Waals surface area contributed by atoms with Crippen LogP contribution in [0.25, 0.3) is 10.8 Å². The molecule has 0 aliphatic carbocycles. The molecule has 0 aliphatic heterocycles. The first-order valence-electron chi connectivity index (χ1n) is 6.35. The fourth-order valence-electron chi connectivity index (χ4n) is 2.22. The number of anilines is 1. The van der Waals surface area contributed by atoms with E-state index in [1.165, 1.54) is 4.88 Å². The SMILES string of the molecule is CC(c1cccs1)N(C)c1nnc(Cl)c2ccccc12. The van der Waals surface area contributed by atoms with Crippen molar-refractivity contribution in [2.75, 3.05) is 11.9 Å². The van der Waals surface area contributed by atoms with E-state index in [-0.39, 0.29) is 6.04 Å². The fourth-order valence-corrected chi connectivity index (χ4v) is 3.25. The van der Waals surface area contributed by atoms with E-state index >= 15 is 0 Å². The van der Waals surface area contributed by atoms with Gasteiger partial charge >= 0.3 is 0 Å². The molecule has 0 saturated carbocycles. The summed E-state index contributed by atoms with van der Waals surface area (Å²) in [5.41, 5.74) is 0. The van der Waals surface area contributed by atoms with Crippen LogP contribution in [0.2, 0.25) is 5.15 Å². The summed E-state index contributed by atoms with van der Waals surface area (Å²) < 4.78 is 0. The van der Waals surface area contributed by atoms with Crippen LogP contribution < -0.4 is 4.90 Å². The Labute approximate surface area is 126 Å². The fraction of sp³-hybridized carbons (Fsp3) is 0.200. The molecule has 0 amide bonds. The van der Waals surface area contributed by atoms with E-state index < -0.39 is 0 Å². The minimum atomic E-state index is 0.244. The summed E-state index contributed by atoms with van der Waals surface area (Å²) in [6.07, 6.45) is 0. The second-order valence-electron chi connectivity index (χ2n) is 4.66. The van der Waals surface area contributed by atoms with Crippen LogP contribution in [-0.4, -0.2) is 17.2 Å². The van der Waals surface area contributed by atoms with Crippen LogP contribution in [0.1, 0.15) is 17.8 Å². The van der Waals surface area contributed by atoms with Crippen molar-refractivity contribution in [3.05, 3.63) is 51.8 Å². The van der Waals surface area contributed by atoms with Gasteiger partial charge in [-0.15, -0.1) is 21.5 Å². The summed E-state index contributed by atoms with van der Waals surface area (Å²) in [4.78, 5) is 3.44. The van der Waals surface area contributed by atoms with Crippen LogP contribution in [0, 0.1) is 0 Å². The molecule has 20 heavy (non-hydrogen) atoms. The molecule has 1 atom stereocenters. The van der Waals surface area contributed by atoms with Crippen LogP contribution in [-0.2, 0) is 0 Å². The highest BCUT2D eigenvalue weighted by Crippen LogP contribution is 2.32. The number of hydrogen-bond acceptors (Lipinski definition) is 4. The number of hydrogen-bond donors (Lipinski definition) is 0. The van der Waals surface area contributed by atoms with Gasteiger partial charge in [0, 0.05) is 22.7 Å². The average Bonchev–Trinajstić information content (AvgIpc) is 3.01. The third-order valence-electron chi connectivity index (χ3n) is 3.49. The predicted octanol–water partition coefficient (Wildman–Crippen LogP) is 4.54. The van der Waals surface area contributed by atoms with Crippen LogP contribution in [0.4, 0.5) is 5.82 Å². The molecule has 2 heterocycles. The molecule has 0 spiro atoms. The first kappa shape index (κ1) is 13.3. The Morgan fingerprint density at radius 2 is 1.85 bits per heavy atom. The lowest BCUT2D eigenvalue weighted by molar-refractivity contribution is 0.737. The van der Waals surface area contributed by atoms with Gasteiger partial charge in [-0.1, -0.05) is 41.9 Å². The van der Waals surface area contributed by atoms with Crippen LogP contribution in [0.5, 0.6) is 0 Å². The Morgan fingerprint density at radius 3 is 2.55 bits per heavy atom. The molecule has 102 valence electrons. The second kappa shape index (κ2) is 5.38. The smallest absolute Gasteiger partial charge is 0.159 e. The largest absolute Gasteiger partial charge is 0.350 e. The van der Waals surface area contributed by atoms with Crippen molar-refractivity contribution in [3.63, 3.8) is 0 Å². The van der Waals surface area contributed by atoms with Crippen molar-refractivity contribution >= 4 is 39.5 Å². The predicted molar refractivity (Wildman–Crippen MR) is 85.7 cm³/mol. The van der Waals surface area contributed by atoms with Gasteiger partial charge in [-0.3, -0.25) is 0 Å². The van der Waals surface area contributed by atoms with Crippen molar-refractivity contribution < 1.29 is 0 Å². The van der Waals surface area contributed by atoms with Gasteiger partial charge in [0.1, 0.15) is 0 Å². The minimum absolute atomic E-state index is 0.244. The summed E-state index contributed by atoms with van der Waals surface area (Å²) in [5.74, 6) is 0.853. The molecule has 2 aromatic heterocycles. The van der Waals surface area contributed by atoms with Crippen molar-refractivity contribution in [3.8, 4) is 0 Å². The highest BCUT2D eigenvalue weighted by atomic mass is 35.5. The van der Waals surface area contributed by atoms with Gasteiger partial charge in [0.2, 0.25) is 0 Å². The van der Waals surface area contributed by atoms with Crippen LogP contribution in [0.3, 0.4) is 0 Å². The Hall–Kier alpha value is -1.65. The standard InChI is InChI=1S/C15H14ClN3S/c1-10(13-8-5-9-20-13)19(2)15-12-7-4-3-6-11(12)14(16)17-18-15/h3-10H,1-2H3. The number of nitrogens with zero attached hydrogens (tertiary/aromatic N) is 3. The van der Waals surface area contributed by atoms with Crippen molar-refractivity contribution in [1.82, 2.24) is 10.2 Å². The highest BCUT2D eigenvalue weighted by Gasteiger charge is 2.18. The first-order chi connectivity index (χ1) is 9.68. The Balaban J connectivity index is 2.08. The lowest BCUT2D eigenvalue weighted by Gasteiger charge is -2.25. The third kappa shape index (κ3) is 2.25. The van der Waals surface area contributed by atoms with Gasteiger partial charge in [-0.25, -0.2) is 0 Å². The van der Waals surface area contributed by atoms with Gasteiger partial charge in [0.15, 0.2) is 11.0 Å². The van der Waals surface area contributed by atoms with E-state index in [9.17, 15) is 0 Å². The van der Waals surface area contributed by atoms with E-state index in [1.54, 1.807) is 11.3 Å². The average molecular weight is 304 g/mol. The van der Waals surface area contributed by atoms with Gasteiger partial charge in [-0.2, -0.15) is 0 Å². The molecule has 3 aromatic rings. The molecule has 0 radical (unpaired) electrons. The lowest BCUT2D eigenvalue weighted by atomic mass is 10.1. The zero-order valence-corrected chi connectivity index (χ0v) is 12.8. The molecular weight excluding hydrogens is 290 g/mol. The maximum atomic E-state index is 6.12. The number of fused-ring (bicyclic) bond motifs is 1. The molecule has 0 aliphatic rings. The second-order valence-corrected chi connectivity index (χ2v) is 6.00. The number of aromatic nitrogens is 2. The van der Waals surface area contributed by atoms with Crippen LogP contribution in [0.15, 0.2) is 41.8 Å². The monoisotopic (exact) mass is 303 g/mol. The lowest BCUT2D eigenvalue weighted by Crippen LogP contribution is -2.22. The maximum absolute atomic E-state index is 6.12. The Bertz CT molecular complexity index is 727. The Kier molecular flexibility index (Phi) is 3.59. The molecular formula is C15H14ClN3S. The molecule has 3 nitrogen and oxygen atoms in total. The van der Waals surface area contributed by atoms with Gasteiger partial charge in [0.25, 0.3) is 0 Å². The van der Waals surface area contributed by atoms with E-state index in [0.717, 1.165) is 16.6 Å². The van der Waals surface area contributed by atoms with Gasteiger partial charge in [-0.05, 0) is 18.4 Å². The highest BCUT2D eigenvalue weighted by molar-refractivity contribution is 7.10. The van der Waals surface area contributed by atoms with Crippen molar-refractivity contribution in [2.24, 2.45) is 0 Å². The summed E-state index contributed by atoms with van der Waals surface area (Å²) in [7, 11) is 2.04. The summed E-state index contributed by atoms with van der Waals surface area (Å²) in [5, 5.41) is 12.9.